The van der Waals surface area contributed by atoms with E-state index >= 15 is 0 Å². The molecular formula is C50H79N8O17S-. The molecule has 4 rings (SSSR count). The Morgan fingerprint density at radius 3 is 2.04 bits per heavy atom. The topological polar surface area (TPSA) is 400 Å². The SMILES string of the molecule is CCCCCCCCCCCCCCCC(=O)NC1CCC(O)NC(=O)C2C(O)C(C)CN2C(=O)C(C(O)CC(N)=O)NC(=O)C(CCc2ccc(O)c(OS(=O)[O-])c2)NC(=O)C2CC(O)CN2C(=O)C(CO)NC1=O. The predicted molar refractivity (Wildman–Crippen MR) is 271 cm³/mol. The Morgan fingerprint density at radius 2 is 1.43 bits per heavy atom. The van der Waals surface area contributed by atoms with E-state index in [9.17, 15) is 77.8 Å². The van der Waals surface area contributed by atoms with Crippen LogP contribution in [0.3, 0.4) is 0 Å². The van der Waals surface area contributed by atoms with E-state index in [1.54, 1.807) is 0 Å². The van der Waals surface area contributed by atoms with Gasteiger partial charge in [-0.25, -0.2) is 4.21 Å². The van der Waals surface area contributed by atoms with Gasteiger partial charge in [0.1, 0.15) is 53.8 Å². The van der Waals surface area contributed by atoms with Crippen molar-refractivity contribution in [1.82, 2.24) is 36.4 Å². The molecule has 26 heteroatoms. The zero-order chi connectivity index (χ0) is 56.1. The summed E-state index contributed by atoms with van der Waals surface area (Å²) in [5.74, 6) is -10.1. The Hall–Kier alpha value is -5.51. The van der Waals surface area contributed by atoms with Crippen molar-refractivity contribution >= 4 is 58.6 Å². The van der Waals surface area contributed by atoms with Crippen molar-refractivity contribution in [3.63, 3.8) is 0 Å². The van der Waals surface area contributed by atoms with Crippen LogP contribution in [0, 0.1) is 5.92 Å². The van der Waals surface area contributed by atoms with Crippen LogP contribution in [0.5, 0.6) is 11.5 Å². The molecule has 12 atom stereocenters. The summed E-state index contributed by atoms with van der Waals surface area (Å²) in [6.45, 7) is 1.81. The summed E-state index contributed by atoms with van der Waals surface area (Å²) >= 11 is -3.11. The van der Waals surface area contributed by atoms with Crippen molar-refractivity contribution in [2.24, 2.45) is 11.7 Å². The zero-order valence-electron chi connectivity index (χ0n) is 43.4. The van der Waals surface area contributed by atoms with Gasteiger partial charge in [0.15, 0.2) is 11.5 Å². The number of unbranched alkanes of at least 4 members (excludes halogenated alkanes) is 12. The molecule has 3 fully saturated rings. The number of nitrogens with two attached hydrogens (primary N) is 1. The maximum atomic E-state index is 14.5. The van der Waals surface area contributed by atoms with Crippen LogP contribution >= 0.6 is 0 Å². The highest BCUT2D eigenvalue weighted by molar-refractivity contribution is 7.74. The third kappa shape index (κ3) is 19.5. The number of benzene rings is 1. The van der Waals surface area contributed by atoms with E-state index in [1.807, 2.05) is 0 Å². The molecule has 0 radical (unpaired) electrons. The number of phenolic OH excluding ortho intramolecular Hbond substituents is 1. The second-order valence-corrected chi connectivity index (χ2v) is 20.7. The number of carbonyl (C=O) groups excluding carboxylic acids is 8. The molecule has 0 bridgehead atoms. The van der Waals surface area contributed by atoms with E-state index in [-0.39, 0.29) is 31.4 Å². The number of primary amides is 1. The standard InChI is InChI=1S/C50H80N8O17S/c1-3-4-5-6-7-8-9-10-11-12-13-14-15-16-40(64)52-32-20-22-41(65)55-48(70)43-44(66)29(2)26-58(43)50(72)42(37(62)25-39(51)63)56-46(68)33(19-17-30-18-21-36(61)38(23-30)75-76(73)74)53-47(69)35-24-31(60)27-57(35)49(71)34(28-59)54-45(32)67/h18,21,23,29,31-35,37,41-44,59-62,65-66H,3-17,19-20,22,24-28H2,1-2H3,(H2,51,63)(H,52,64)(H,53,69)(H,54,67)(H,55,70)(H,56,68)(H,73,74)/p-1. The molecule has 13 N–H and O–H groups in total. The number of nitrogens with one attached hydrogen (secondary N) is 5. The summed E-state index contributed by atoms with van der Waals surface area (Å²) in [5, 5.41) is 77.2. The molecule has 3 heterocycles. The number of aliphatic hydroxyl groups excluding tert-OH is 5. The van der Waals surface area contributed by atoms with Crippen molar-refractivity contribution in [2.75, 3.05) is 19.7 Å². The molecule has 8 amide bonds. The van der Waals surface area contributed by atoms with Gasteiger partial charge in [-0.2, -0.15) is 0 Å². The van der Waals surface area contributed by atoms with Crippen LogP contribution in [0.4, 0.5) is 0 Å². The average Bonchev–Trinajstić information content (AvgIpc) is 3.91. The summed E-state index contributed by atoms with van der Waals surface area (Å²) < 4.78 is 27.2. The first-order valence-corrected chi connectivity index (χ1v) is 27.5. The first-order chi connectivity index (χ1) is 36.1. The number of hydrogen-bond acceptors (Lipinski definition) is 17. The van der Waals surface area contributed by atoms with Gasteiger partial charge in [0.05, 0.1) is 31.3 Å². The van der Waals surface area contributed by atoms with E-state index in [0.717, 1.165) is 54.0 Å². The van der Waals surface area contributed by atoms with Crippen molar-refractivity contribution in [2.45, 2.75) is 203 Å². The predicted octanol–water partition coefficient (Wildman–Crippen LogP) is -1.46. The maximum Gasteiger partial charge on any atom is 0.248 e. The first kappa shape index (κ1) is 63.0. The highest BCUT2D eigenvalue weighted by atomic mass is 32.2. The number of amides is 8. The van der Waals surface area contributed by atoms with Crippen molar-refractivity contribution in [3.05, 3.63) is 23.8 Å². The molecule has 0 spiro atoms. The van der Waals surface area contributed by atoms with Gasteiger partial charge >= 0.3 is 0 Å². The van der Waals surface area contributed by atoms with Crippen LogP contribution in [0.15, 0.2) is 18.2 Å². The lowest BCUT2D eigenvalue weighted by Crippen LogP contribution is -2.62. The second kappa shape index (κ2) is 31.6. The first-order valence-electron chi connectivity index (χ1n) is 26.5. The molecule has 428 valence electrons. The minimum absolute atomic E-state index is 0.0225. The summed E-state index contributed by atoms with van der Waals surface area (Å²) in [6, 6.07) is -6.84. The van der Waals surface area contributed by atoms with E-state index in [1.165, 1.54) is 57.9 Å². The molecule has 12 unspecified atom stereocenters. The van der Waals surface area contributed by atoms with Crippen LogP contribution in [0.1, 0.15) is 141 Å². The Bertz CT molecular complexity index is 2160. The lowest BCUT2D eigenvalue weighted by atomic mass is 10.0. The molecule has 0 aliphatic carbocycles. The fourth-order valence-corrected chi connectivity index (χ4v) is 10.1. The smallest absolute Gasteiger partial charge is 0.248 e. The Morgan fingerprint density at radius 1 is 0.816 bits per heavy atom. The van der Waals surface area contributed by atoms with E-state index in [2.05, 4.69) is 37.7 Å². The molecule has 25 nitrogen and oxygen atoms in total. The number of carbonyl (C=O) groups is 8. The molecule has 76 heavy (non-hydrogen) atoms. The van der Waals surface area contributed by atoms with Gasteiger partial charge in [0.25, 0.3) is 0 Å². The number of nitrogens with zero attached hydrogens (tertiary/aromatic N) is 2. The van der Waals surface area contributed by atoms with Crippen molar-refractivity contribution in [1.29, 1.82) is 0 Å². The fraction of sp³-hybridized carbons (Fsp3) is 0.720. The third-order valence-corrected chi connectivity index (χ3v) is 14.3. The average molecular weight is 1100 g/mol. The van der Waals surface area contributed by atoms with E-state index < -0.39 is 176 Å². The van der Waals surface area contributed by atoms with Crippen molar-refractivity contribution in [3.8, 4) is 11.5 Å². The van der Waals surface area contributed by atoms with Crippen molar-refractivity contribution < 1.29 is 81.9 Å². The number of hydrogen-bond donors (Lipinski definition) is 12. The third-order valence-electron chi connectivity index (χ3n) is 14.0. The molecule has 0 saturated carbocycles. The highest BCUT2D eigenvalue weighted by Crippen LogP contribution is 2.29. The quantitative estimate of drug-likeness (QED) is 0.0416. The van der Waals surface area contributed by atoms with E-state index in [0.29, 0.717) is 6.42 Å². The number of aliphatic hydroxyl groups is 5. The summed E-state index contributed by atoms with van der Waals surface area (Å²) in [7, 11) is 0. The maximum absolute atomic E-state index is 14.5. The van der Waals surface area contributed by atoms with E-state index in [4.69, 9.17) is 5.73 Å². The Labute approximate surface area is 445 Å². The normalized spacial score (nSPS) is 27.0. The van der Waals surface area contributed by atoms with Gasteiger partial charge in [-0.15, -0.1) is 0 Å². The second-order valence-electron chi connectivity index (χ2n) is 20.2. The minimum Gasteiger partial charge on any atom is -0.740 e. The zero-order valence-corrected chi connectivity index (χ0v) is 44.2. The summed E-state index contributed by atoms with van der Waals surface area (Å²) in [5.41, 5.74) is 5.62. The number of fused-ring (bicyclic) bond motifs is 2. The van der Waals surface area contributed by atoms with Gasteiger partial charge < -0.3 is 81.5 Å². The lowest BCUT2D eigenvalue weighted by Gasteiger charge is -2.33. The molecule has 1 aromatic carbocycles. The van der Waals surface area contributed by atoms with Crippen LogP contribution in [0.25, 0.3) is 0 Å². The number of rotatable bonds is 24. The fourth-order valence-electron chi connectivity index (χ4n) is 9.78. The van der Waals surface area contributed by atoms with Gasteiger partial charge in [-0.05, 0) is 49.8 Å². The van der Waals surface area contributed by atoms with Crippen LogP contribution in [-0.4, -0.2) is 177 Å². The molecule has 3 saturated heterocycles. The lowest BCUT2D eigenvalue weighted by molar-refractivity contribution is -0.147. The number of aromatic hydroxyl groups is 1. The van der Waals surface area contributed by atoms with Crippen LogP contribution in [-0.2, 0) is 56.1 Å². The largest absolute Gasteiger partial charge is 0.740 e. The minimum atomic E-state index is -3.11. The molecule has 3 aliphatic rings. The highest BCUT2D eigenvalue weighted by Gasteiger charge is 2.49. The summed E-state index contributed by atoms with van der Waals surface area (Å²) in [4.78, 5) is 112. The molecule has 0 aromatic heterocycles. The van der Waals surface area contributed by atoms with Crippen LogP contribution < -0.4 is 36.5 Å². The number of aryl methyl sites for hydroxylation is 1. The Kier molecular flexibility index (Phi) is 26.2. The molecular weight excluding hydrogens is 1020 g/mol. The Balaban J connectivity index is 1.63. The molecule has 1 aromatic rings. The van der Waals surface area contributed by atoms with Crippen LogP contribution in [0.2, 0.25) is 0 Å². The number of phenols is 1. The van der Waals surface area contributed by atoms with Gasteiger partial charge in [0, 0.05) is 31.8 Å². The van der Waals surface area contributed by atoms with Gasteiger partial charge in [-0.1, -0.05) is 97.0 Å². The summed E-state index contributed by atoms with van der Waals surface area (Å²) in [6.07, 6.45) is 4.53. The van der Waals surface area contributed by atoms with Gasteiger partial charge in [-0.3, -0.25) is 38.4 Å². The van der Waals surface area contributed by atoms with Gasteiger partial charge in [0.2, 0.25) is 47.3 Å². The monoisotopic (exact) mass is 1100 g/mol. The molecule has 3 aliphatic heterocycles.